The Labute approximate surface area is 96.3 Å². The van der Waals surface area contributed by atoms with Crippen LogP contribution in [0, 0.1) is 6.92 Å². The second-order valence-electron chi connectivity index (χ2n) is 2.87. The van der Waals surface area contributed by atoms with Crippen LogP contribution in [0.4, 0.5) is 0 Å². The highest BCUT2D eigenvalue weighted by Gasteiger charge is 2.10. The number of methoxy groups -OCH3 is 1. The zero-order valence-corrected chi connectivity index (χ0v) is 10.3. The van der Waals surface area contributed by atoms with Crippen LogP contribution < -0.4 is 4.74 Å². The maximum absolute atomic E-state index is 11.4. The van der Waals surface area contributed by atoms with E-state index in [0.29, 0.717) is 21.7 Å². The fraction of sp³-hybridized carbons (Fsp3) is 0.300. The summed E-state index contributed by atoms with van der Waals surface area (Å²) in [5, 5.41) is 0.857. The zero-order chi connectivity index (χ0) is 10.7. The number of hydrogen-bond acceptors (Lipinski definition) is 2. The first-order valence-electron chi connectivity index (χ1n) is 4.03. The molecule has 0 atom stereocenters. The van der Waals surface area contributed by atoms with E-state index in [2.05, 4.69) is 15.9 Å². The van der Waals surface area contributed by atoms with Gasteiger partial charge in [0.15, 0.2) is 5.78 Å². The summed E-state index contributed by atoms with van der Waals surface area (Å²) in [6.07, 6.45) is 0. The SMILES string of the molecule is COc1cc(C(=O)CBr)cc(C)c1Cl. The van der Waals surface area contributed by atoms with Crippen LogP contribution in [0.2, 0.25) is 5.02 Å². The van der Waals surface area contributed by atoms with Gasteiger partial charge in [-0.1, -0.05) is 27.5 Å². The minimum absolute atomic E-state index is 0.0167. The Morgan fingerprint density at radius 3 is 2.71 bits per heavy atom. The molecule has 14 heavy (non-hydrogen) atoms. The first-order valence-corrected chi connectivity index (χ1v) is 5.53. The molecule has 0 heterocycles. The number of hydrogen-bond donors (Lipinski definition) is 0. The van der Waals surface area contributed by atoms with Gasteiger partial charge >= 0.3 is 0 Å². The maximum Gasteiger partial charge on any atom is 0.173 e. The normalized spacial score (nSPS) is 10.0. The predicted octanol–water partition coefficient (Wildman–Crippen LogP) is 3.23. The molecule has 0 aliphatic heterocycles. The molecule has 0 radical (unpaired) electrons. The van der Waals surface area contributed by atoms with Gasteiger partial charge in [-0.25, -0.2) is 0 Å². The second kappa shape index (κ2) is 4.80. The van der Waals surface area contributed by atoms with E-state index >= 15 is 0 Å². The molecule has 0 fully saturated rings. The number of ketones is 1. The van der Waals surface area contributed by atoms with E-state index in [1.807, 2.05) is 6.92 Å². The lowest BCUT2D eigenvalue weighted by Crippen LogP contribution is -2.01. The molecule has 0 N–H and O–H groups in total. The van der Waals surface area contributed by atoms with Crippen molar-refractivity contribution in [3.63, 3.8) is 0 Å². The van der Waals surface area contributed by atoms with Crippen LogP contribution in [0.3, 0.4) is 0 Å². The maximum atomic E-state index is 11.4. The average molecular weight is 278 g/mol. The number of carbonyl (C=O) groups is 1. The van der Waals surface area contributed by atoms with Crippen molar-refractivity contribution in [2.24, 2.45) is 0 Å². The fourth-order valence-corrected chi connectivity index (χ4v) is 1.63. The molecule has 4 heteroatoms. The number of alkyl halides is 1. The number of Topliss-reactive ketones (excluding diaryl/α,β-unsaturated/α-hetero) is 1. The van der Waals surface area contributed by atoms with Gasteiger partial charge in [-0.05, 0) is 24.6 Å². The Bertz CT molecular complexity index is 363. The lowest BCUT2D eigenvalue weighted by molar-refractivity contribution is 0.102. The van der Waals surface area contributed by atoms with E-state index in [9.17, 15) is 4.79 Å². The van der Waals surface area contributed by atoms with Gasteiger partial charge in [0.1, 0.15) is 5.75 Å². The third-order valence-electron chi connectivity index (χ3n) is 1.88. The topological polar surface area (TPSA) is 26.3 Å². The Kier molecular flexibility index (Phi) is 3.96. The number of aryl methyl sites for hydroxylation is 1. The molecule has 1 rings (SSSR count). The highest BCUT2D eigenvalue weighted by Crippen LogP contribution is 2.29. The quantitative estimate of drug-likeness (QED) is 0.626. The highest BCUT2D eigenvalue weighted by molar-refractivity contribution is 9.09. The molecule has 0 spiro atoms. The van der Waals surface area contributed by atoms with Crippen molar-refractivity contribution in [2.75, 3.05) is 12.4 Å². The molecular weight excluding hydrogens is 267 g/mol. The van der Waals surface area contributed by atoms with Gasteiger partial charge in [0.2, 0.25) is 0 Å². The number of ether oxygens (including phenoxy) is 1. The summed E-state index contributed by atoms with van der Waals surface area (Å²) in [6.45, 7) is 1.84. The molecule has 1 aromatic rings. The monoisotopic (exact) mass is 276 g/mol. The molecule has 76 valence electrons. The third-order valence-corrected chi connectivity index (χ3v) is 2.88. The van der Waals surface area contributed by atoms with Crippen LogP contribution in [0.15, 0.2) is 12.1 Å². The number of carbonyl (C=O) groups excluding carboxylic acids is 1. The molecule has 1 aromatic carbocycles. The van der Waals surface area contributed by atoms with Crippen molar-refractivity contribution in [3.8, 4) is 5.75 Å². The number of benzene rings is 1. The van der Waals surface area contributed by atoms with Crippen LogP contribution in [0.25, 0.3) is 0 Å². The first kappa shape index (κ1) is 11.5. The molecule has 0 amide bonds. The van der Waals surface area contributed by atoms with Crippen molar-refractivity contribution < 1.29 is 9.53 Å². The number of halogens is 2. The summed E-state index contributed by atoms with van der Waals surface area (Å²) < 4.78 is 5.06. The summed E-state index contributed by atoms with van der Waals surface area (Å²) in [5.41, 5.74) is 1.45. The van der Waals surface area contributed by atoms with Gasteiger partial charge in [-0.2, -0.15) is 0 Å². The predicted molar refractivity (Wildman–Crippen MR) is 60.9 cm³/mol. The zero-order valence-electron chi connectivity index (χ0n) is 7.93. The van der Waals surface area contributed by atoms with Crippen LogP contribution in [-0.4, -0.2) is 18.2 Å². The van der Waals surface area contributed by atoms with Crippen molar-refractivity contribution in [1.29, 1.82) is 0 Å². The van der Waals surface area contributed by atoms with Crippen LogP contribution >= 0.6 is 27.5 Å². The summed E-state index contributed by atoms with van der Waals surface area (Å²) in [4.78, 5) is 11.4. The Balaban J connectivity index is 3.22. The van der Waals surface area contributed by atoms with Crippen LogP contribution in [0.1, 0.15) is 15.9 Å². The Morgan fingerprint density at radius 1 is 1.57 bits per heavy atom. The van der Waals surface area contributed by atoms with Gasteiger partial charge in [0, 0.05) is 5.56 Å². The molecule has 0 bridgehead atoms. The van der Waals surface area contributed by atoms with Crippen molar-refractivity contribution in [3.05, 3.63) is 28.3 Å². The van der Waals surface area contributed by atoms with Crippen LogP contribution in [0.5, 0.6) is 5.75 Å². The molecule has 0 aliphatic carbocycles. The lowest BCUT2D eigenvalue weighted by Gasteiger charge is -2.07. The van der Waals surface area contributed by atoms with Crippen molar-refractivity contribution >= 4 is 33.3 Å². The summed E-state index contributed by atoms with van der Waals surface area (Å²) in [7, 11) is 1.53. The van der Waals surface area contributed by atoms with Gasteiger partial charge in [-0.15, -0.1) is 0 Å². The van der Waals surface area contributed by atoms with Gasteiger partial charge in [0.05, 0.1) is 17.5 Å². The van der Waals surface area contributed by atoms with E-state index in [1.165, 1.54) is 7.11 Å². The summed E-state index contributed by atoms with van der Waals surface area (Å²) >= 11 is 9.08. The molecule has 0 aliphatic rings. The van der Waals surface area contributed by atoms with E-state index in [0.717, 1.165) is 5.56 Å². The van der Waals surface area contributed by atoms with Crippen molar-refractivity contribution in [1.82, 2.24) is 0 Å². The molecule has 0 unspecified atom stereocenters. The van der Waals surface area contributed by atoms with E-state index in [-0.39, 0.29) is 5.78 Å². The summed E-state index contributed by atoms with van der Waals surface area (Å²) in [6, 6.07) is 3.41. The molecule has 2 nitrogen and oxygen atoms in total. The van der Waals surface area contributed by atoms with Crippen molar-refractivity contribution in [2.45, 2.75) is 6.92 Å². The smallest absolute Gasteiger partial charge is 0.173 e. The summed E-state index contributed by atoms with van der Waals surface area (Å²) in [5.74, 6) is 0.555. The highest BCUT2D eigenvalue weighted by atomic mass is 79.9. The van der Waals surface area contributed by atoms with Crippen LogP contribution in [-0.2, 0) is 0 Å². The lowest BCUT2D eigenvalue weighted by atomic mass is 10.1. The minimum Gasteiger partial charge on any atom is -0.495 e. The molecule has 0 saturated carbocycles. The average Bonchev–Trinajstić information content (AvgIpc) is 2.20. The van der Waals surface area contributed by atoms with E-state index in [4.69, 9.17) is 16.3 Å². The molecule has 0 aromatic heterocycles. The van der Waals surface area contributed by atoms with Gasteiger partial charge < -0.3 is 4.74 Å². The Morgan fingerprint density at radius 2 is 2.21 bits per heavy atom. The number of rotatable bonds is 3. The Hall–Kier alpha value is -0.540. The fourth-order valence-electron chi connectivity index (χ4n) is 1.12. The minimum atomic E-state index is 0.0167. The van der Waals surface area contributed by atoms with Gasteiger partial charge in [0.25, 0.3) is 0 Å². The van der Waals surface area contributed by atoms with E-state index < -0.39 is 0 Å². The second-order valence-corrected chi connectivity index (χ2v) is 3.80. The standard InChI is InChI=1S/C10H10BrClO2/c1-6-3-7(8(13)5-11)4-9(14-2)10(6)12/h3-4H,5H2,1-2H3. The largest absolute Gasteiger partial charge is 0.495 e. The van der Waals surface area contributed by atoms with E-state index in [1.54, 1.807) is 12.1 Å². The molecule has 0 saturated heterocycles. The van der Waals surface area contributed by atoms with Gasteiger partial charge in [-0.3, -0.25) is 4.79 Å². The third kappa shape index (κ3) is 2.28. The first-order chi connectivity index (χ1) is 6.60. The molecular formula is C10H10BrClO2.